The Morgan fingerprint density at radius 2 is 1.58 bits per heavy atom. The quantitative estimate of drug-likeness (QED) is 0.526. The molecular formula is C9H21NO2. The van der Waals surface area contributed by atoms with Crippen molar-refractivity contribution in [1.29, 1.82) is 0 Å². The number of nitrogens with zero attached hydrogens (tertiary/aromatic N) is 1. The Balaban J connectivity index is 4.05. The molecule has 1 N–H and O–H groups in total. The van der Waals surface area contributed by atoms with Crippen LogP contribution in [0.25, 0.3) is 0 Å². The maximum absolute atomic E-state index is 8.89. The van der Waals surface area contributed by atoms with Crippen LogP contribution in [0.4, 0.5) is 0 Å². The molecule has 0 bridgehead atoms. The predicted molar refractivity (Wildman–Crippen MR) is 49.0 cm³/mol. The minimum atomic E-state index is -0.232. The summed E-state index contributed by atoms with van der Waals surface area (Å²) in [5.41, 5.74) is -0.160. The van der Waals surface area contributed by atoms with Gasteiger partial charge in [-0.3, -0.25) is 0 Å². The van der Waals surface area contributed by atoms with Crippen LogP contribution >= 0.6 is 0 Å². The first-order valence-electron chi connectivity index (χ1n) is 4.21. The molecule has 0 saturated heterocycles. The number of rotatable bonds is 3. The molecule has 12 heavy (non-hydrogen) atoms. The van der Waals surface area contributed by atoms with Gasteiger partial charge in [-0.1, -0.05) is 20.8 Å². The molecule has 0 aromatic carbocycles. The highest BCUT2D eigenvalue weighted by Crippen LogP contribution is 2.32. The lowest BCUT2D eigenvalue weighted by atomic mass is 9.79. The lowest BCUT2D eigenvalue weighted by Crippen LogP contribution is -2.41. The molecule has 3 nitrogen and oxygen atoms in total. The van der Waals surface area contributed by atoms with Gasteiger partial charge in [0.05, 0.1) is 5.60 Å². The average molecular weight is 175 g/mol. The highest BCUT2D eigenvalue weighted by atomic mass is 16.6. The summed E-state index contributed by atoms with van der Waals surface area (Å²) in [5, 5.41) is 9.92. The van der Waals surface area contributed by atoms with Crippen molar-refractivity contribution in [3.63, 3.8) is 0 Å². The average Bonchev–Trinajstić information content (AvgIpc) is 1.81. The molecule has 0 spiro atoms. The van der Waals surface area contributed by atoms with Gasteiger partial charge in [-0.2, -0.15) is 5.06 Å². The second kappa shape index (κ2) is 3.73. The van der Waals surface area contributed by atoms with Crippen molar-refractivity contribution in [2.75, 3.05) is 13.8 Å². The summed E-state index contributed by atoms with van der Waals surface area (Å²) >= 11 is 0. The van der Waals surface area contributed by atoms with Gasteiger partial charge in [0.15, 0.2) is 0 Å². The maximum Gasteiger partial charge on any atom is 0.122 e. The van der Waals surface area contributed by atoms with Crippen LogP contribution in [0.1, 0.15) is 34.6 Å². The van der Waals surface area contributed by atoms with Crippen LogP contribution in [0.3, 0.4) is 0 Å². The zero-order valence-electron chi connectivity index (χ0n) is 9.01. The number of hydrogen-bond acceptors (Lipinski definition) is 3. The minimum Gasteiger partial charge on any atom is -0.358 e. The van der Waals surface area contributed by atoms with Gasteiger partial charge in [0.2, 0.25) is 0 Å². The van der Waals surface area contributed by atoms with E-state index < -0.39 is 0 Å². The molecule has 0 aromatic rings. The Morgan fingerprint density at radius 3 is 1.83 bits per heavy atom. The fourth-order valence-electron chi connectivity index (χ4n) is 0.471. The Bertz CT molecular complexity index is 136. The molecule has 0 amide bonds. The van der Waals surface area contributed by atoms with E-state index in [1.807, 2.05) is 13.8 Å². The largest absolute Gasteiger partial charge is 0.358 e. The third-order valence-electron chi connectivity index (χ3n) is 2.42. The van der Waals surface area contributed by atoms with Gasteiger partial charge in [0.25, 0.3) is 0 Å². The minimum absolute atomic E-state index is 0.0724. The number of hydrogen-bond donors (Lipinski definition) is 1. The van der Waals surface area contributed by atoms with E-state index in [1.54, 1.807) is 7.05 Å². The molecule has 74 valence electrons. The highest BCUT2D eigenvalue weighted by molar-refractivity contribution is 4.83. The molecule has 0 rings (SSSR count). The van der Waals surface area contributed by atoms with Crippen LogP contribution in [-0.2, 0) is 4.74 Å². The Kier molecular flexibility index (Phi) is 3.69. The summed E-state index contributed by atoms with van der Waals surface area (Å²) in [7, 11) is 1.57. The Hall–Kier alpha value is -0.120. The highest BCUT2D eigenvalue weighted by Gasteiger charge is 2.33. The van der Waals surface area contributed by atoms with Crippen molar-refractivity contribution in [3.05, 3.63) is 0 Å². The molecular weight excluding hydrogens is 154 g/mol. The van der Waals surface area contributed by atoms with E-state index in [2.05, 4.69) is 20.8 Å². The van der Waals surface area contributed by atoms with Gasteiger partial charge in [-0.05, 0) is 19.3 Å². The predicted octanol–water partition coefficient (Wildman–Crippen LogP) is 2.11. The summed E-state index contributed by atoms with van der Waals surface area (Å²) in [4.78, 5) is 0. The Morgan fingerprint density at radius 1 is 1.17 bits per heavy atom. The zero-order valence-corrected chi connectivity index (χ0v) is 9.01. The summed E-state index contributed by atoms with van der Waals surface area (Å²) in [5.74, 6) is 0. The summed E-state index contributed by atoms with van der Waals surface area (Å²) in [6.07, 6.45) is 0. The van der Waals surface area contributed by atoms with E-state index in [0.29, 0.717) is 0 Å². The molecule has 0 fully saturated rings. The first-order chi connectivity index (χ1) is 5.17. The Labute approximate surface area is 75.3 Å². The van der Waals surface area contributed by atoms with Crippen LogP contribution in [0.2, 0.25) is 0 Å². The monoisotopic (exact) mass is 175 g/mol. The van der Waals surface area contributed by atoms with Crippen LogP contribution in [0.5, 0.6) is 0 Å². The van der Waals surface area contributed by atoms with Crippen molar-refractivity contribution in [2.24, 2.45) is 5.41 Å². The van der Waals surface area contributed by atoms with Gasteiger partial charge in [-0.25, -0.2) is 0 Å². The number of hydroxylamine groups is 2. The summed E-state index contributed by atoms with van der Waals surface area (Å²) < 4.78 is 5.53. The molecule has 0 aromatic heterocycles. The molecule has 0 radical (unpaired) electrons. The second-order valence-corrected chi connectivity index (χ2v) is 4.69. The van der Waals surface area contributed by atoms with E-state index in [1.165, 1.54) is 0 Å². The van der Waals surface area contributed by atoms with Crippen molar-refractivity contribution < 1.29 is 9.94 Å². The fourth-order valence-corrected chi connectivity index (χ4v) is 0.471. The molecule has 0 aliphatic heterocycles. The van der Waals surface area contributed by atoms with Gasteiger partial charge in [-0.15, -0.1) is 0 Å². The zero-order chi connectivity index (χ0) is 9.99. The second-order valence-electron chi connectivity index (χ2n) is 4.69. The van der Waals surface area contributed by atoms with E-state index in [9.17, 15) is 0 Å². The molecule has 0 saturated carbocycles. The van der Waals surface area contributed by atoms with E-state index in [0.717, 1.165) is 5.06 Å². The van der Waals surface area contributed by atoms with Crippen LogP contribution in [0, 0.1) is 5.41 Å². The maximum atomic E-state index is 8.89. The lowest BCUT2D eigenvalue weighted by molar-refractivity contribution is -0.200. The summed E-state index contributed by atoms with van der Waals surface area (Å²) in [6, 6.07) is 0. The van der Waals surface area contributed by atoms with E-state index >= 15 is 0 Å². The number of ether oxygens (including phenoxy) is 1. The van der Waals surface area contributed by atoms with Gasteiger partial charge in [0, 0.05) is 7.05 Å². The van der Waals surface area contributed by atoms with Crippen LogP contribution in [-0.4, -0.2) is 29.7 Å². The molecule has 0 aliphatic rings. The summed E-state index contributed by atoms with van der Waals surface area (Å²) in [6.45, 7) is 10.6. The first kappa shape index (κ1) is 11.9. The third kappa shape index (κ3) is 3.52. The van der Waals surface area contributed by atoms with E-state index in [-0.39, 0.29) is 17.7 Å². The third-order valence-corrected chi connectivity index (χ3v) is 2.42. The normalized spacial score (nSPS) is 14.0. The fraction of sp³-hybridized carbons (Fsp3) is 1.00. The van der Waals surface area contributed by atoms with Crippen molar-refractivity contribution in [1.82, 2.24) is 5.06 Å². The van der Waals surface area contributed by atoms with Gasteiger partial charge in [0.1, 0.15) is 6.73 Å². The van der Waals surface area contributed by atoms with Gasteiger partial charge >= 0.3 is 0 Å². The molecule has 0 heterocycles. The first-order valence-corrected chi connectivity index (χ1v) is 4.21. The molecule has 3 heteroatoms. The van der Waals surface area contributed by atoms with Crippen LogP contribution in [0.15, 0.2) is 0 Å². The SMILES string of the molecule is CN(O)COC(C)(C)C(C)(C)C. The topological polar surface area (TPSA) is 32.7 Å². The van der Waals surface area contributed by atoms with Crippen molar-refractivity contribution in [2.45, 2.75) is 40.2 Å². The molecule has 0 atom stereocenters. The smallest absolute Gasteiger partial charge is 0.122 e. The van der Waals surface area contributed by atoms with E-state index in [4.69, 9.17) is 9.94 Å². The molecule has 0 unspecified atom stereocenters. The van der Waals surface area contributed by atoms with Crippen molar-refractivity contribution >= 4 is 0 Å². The standard InChI is InChI=1S/C9H21NO2/c1-8(2,3)9(4,5)12-7-10(6)11/h11H,7H2,1-6H3. The molecule has 0 aliphatic carbocycles. The van der Waals surface area contributed by atoms with Crippen LogP contribution < -0.4 is 0 Å². The van der Waals surface area contributed by atoms with Crippen molar-refractivity contribution in [3.8, 4) is 0 Å². The lowest BCUT2D eigenvalue weighted by Gasteiger charge is -2.38. The van der Waals surface area contributed by atoms with Gasteiger partial charge < -0.3 is 9.94 Å².